The predicted molar refractivity (Wildman–Crippen MR) is 102 cm³/mol. The molecule has 1 atom stereocenters. The Morgan fingerprint density at radius 1 is 1.22 bits per heavy atom. The summed E-state index contributed by atoms with van der Waals surface area (Å²) in [4.78, 5) is 20.1. The summed E-state index contributed by atoms with van der Waals surface area (Å²) in [7, 11) is 0. The topological polar surface area (TPSA) is 123 Å². The normalized spacial score (nSPS) is 12.6. The van der Waals surface area contributed by atoms with Crippen LogP contribution in [0.5, 0.6) is 6.01 Å². The highest BCUT2D eigenvalue weighted by atomic mass is 35.5. The number of rotatable bonds is 7. The lowest BCUT2D eigenvalue weighted by atomic mass is 10.1. The van der Waals surface area contributed by atoms with Gasteiger partial charge in [-0.3, -0.25) is 4.79 Å². The summed E-state index contributed by atoms with van der Waals surface area (Å²) < 4.78 is 79.5. The number of carboxylic acid groups (broad SMARTS) is 1. The zero-order valence-corrected chi connectivity index (χ0v) is 17.3. The maximum Gasteiger partial charge on any atom is 0.429 e. The summed E-state index contributed by atoms with van der Waals surface area (Å²) >= 11 is 5.49. The second kappa shape index (κ2) is 11.1. The molecule has 0 unspecified atom stereocenters. The average Bonchev–Trinajstić information content (AvgIpc) is 2.66. The minimum absolute atomic E-state index is 0.0208. The molecule has 0 radical (unpaired) electrons. The minimum Gasteiger partial charge on any atom is -0.480 e. The maximum absolute atomic E-state index is 12.8. The standard InChI is InChI=1S/C12H7ClF6N4O.C5H11NO2/c13-8-21-9(23-10(22-8)24-11(15,16)5-14)20-7-3-1-2-6(4-7)12(17,18)19;1-3(2)4(6)5(7)8/h1-4H,5H2,(H,20,21,22,23);3-4H,6H2,1-2H3,(H,7,8)/t;4-/m.0/s1. The first-order valence-corrected chi connectivity index (χ1v) is 8.99. The van der Waals surface area contributed by atoms with E-state index in [2.05, 4.69) is 25.0 Å². The molecule has 4 N–H and O–H groups in total. The number of halogens is 7. The smallest absolute Gasteiger partial charge is 0.429 e. The van der Waals surface area contributed by atoms with Crippen molar-refractivity contribution in [2.75, 3.05) is 12.0 Å². The van der Waals surface area contributed by atoms with Crippen molar-refractivity contribution >= 4 is 29.2 Å². The molecular formula is C17H18ClF6N5O3. The quantitative estimate of drug-likeness (QED) is 0.492. The van der Waals surface area contributed by atoms with E-state index in [9.17, 15) is 31.1 Å². The molecule has 178 valence electrons. The Kier molecular flexibility index (Phi) is 9.45. The molecule has 15 heteroatoms. The molecule has 1 aromatic heterocycles. The van der Waals surface area contributed by atoms with Gasteiger partial charge in [-0.05, 0) is 35.7 Å². The first kappa shape index (κ1) is 27.2. The lowest BCUT2D eigenvalue weighted by molar-refractivity contribution is -0.190. The number of nitrogens with two attached hydrogens (primary N) is 1. The number of carboxylic acids is 1. The lowest BCUT2D eigenvalue weighted by Gasteiger charge is -2.13. The first-order valence-electron chi connectivity index (χ1n) is 8.61. The fourth-order valence-corrected chi connectivity index (χ4v) is 1.93. The van der Waals surface area contributed by atoms with E-state index >= 15 is 0 Å². The van der Waals surface area contributed by atoms with Gasteiger partial charge >= 0.3 is 24.3 Å². The number of benzene rings is 1. The zero-order chi connectivity index (χ0) is 24.7. The number of carbonyl (C=O) groups is 1. The highest BCUT2D eigenvalue weighted by Gasteiger charge is 2.33. The van der Waals surface area contributed by atoms with Crippen LogP contribution >= 0.6 is 11.6 Å². The van der Waals surface area contributed by atoms with Crippen LogP contribution in [0, 0.1) is 5.92 Å². The number of nitrogens with zero attached hydrogens (tertiary/aromatic N) is 3. The summed E-state index contributed by atoms with van der Waals surface area (Å²) in [6.07, 6.45) is -8.76. The van der Waals surface area contributed by atoms with Gasteiger partial charge in [0.05, 0.1) is 5.56 Å². The third-order valence-electron chi connectivity index (χ3n) is 3.43. The van der Waals surface area contributed by atoms with Crippen molar-refractivity contribution in [1.82, 2.24) is 15.0 Å². The van der Waals surface area contributed by atoms with Gasteiger partial charge in [-0.1, -0.05) is 19.9 Å². The predicted octanol–water partition coefficient (Wildman–Crippen LogP) is 4.28. The highest BCUT2D eigenvalue weighted by molar-refractivity contribution is 6.28. The lowest BCUT2D eigenvalue weighted by Crippen LogP contribution is -2.34. The molecule has 0 bridgehead atoms. The van der Waals surface area contributed by atoms with Gasteiger partial charge in [0.2, 0.25) is 11.2 Å². The molecule has 2 rings (SSSR count). The Morgan fingerprint density at radius 3 is 2.31 bits per heavy atom. The van der Waals surface area contributed by atoms with Gasteiger partial charge in [-0.25, -0.2) is 4.39 Å². The average molecular weight is 490 g/mol. The molecule has 0 saturated carbocycles. The molecule has 8 nitrogen and oxygen atoms in total. The Balaban J connectivity index is 0.000000547. The number of ether oxygens (including phenoxy) is 1. The van der Waals surface area contributed by atoms with E-state index in [-0.39, 0.29) is 11.6 Å². The van der Waals surface area contributed by atoms with E-state index in [1.54, 1.807) is 13.8 Å². The Hall–Kier alpha value is -2.87. The number of nitrogens with one attached hydrogen (secondary N) is 1. The van der Waals surface area contributed by atoms with E-state index in [1.165, 1.54) is 6.07 Å². The molecule has 0 spiro atoms. The van der Waals surface area contributed by atoms with Crippen LogP contribution in [-0.4, -0.2) is 44.9 Å². The Labute approximate surface area is 182 Å². The summed E-state index contributed by atoms with van der Waals surface area (Å²) in [6.45, 7) is 1.42. The van der Waals surface area contributed by atoms with Gasteiger partial charge in [-0.15, -0.1) is 0 Å². The zero-order valence-electron chi connectivity index (χ0n) is 16.5. The number of anilines is 2. The van der Waals surface area contributed by atoms with Crippen molar-refractivity contribution in [2.24, 2.45) is 11.7 Å². The van der Waals surface area contributed by atoms with Crippen LogP contribution in [0.3, 0.4) is 0 Å². The van der Waals surface area contributed by atoms with E-state index in [1.807, 2.05) is 0 Å². The van der Waals surface area contributed by atoms with Gasteiger partial charge < -0.3 is 20.9 Å². The number of hydrogen-bond acceptors (Lipinski definition) is 7. The van der Waals surface area contributed by atoms with Crippen LogP contribution < -0.4 is 15.8 Å². The fourth-order valence-electron chi connectivity index (χ4n) is 1.78. The molecule has 1 aromatic carbocycles. The van der Waals surface area contributed by atoms with Gasteiger partial charge in [0, 0.05) is 5.69 Å². The fraction of sp³-hybridized carbons (Fsp3) is 0.412. The minimum atomic E-state index is -4.58. The maximum atomic E-state index is 12.8. The first-order chi connectivity index (χ1) is 14.6. The molecular weight excluding hydrogens is 472 g/mol. The van der Waals surface area contributed by atoms with E-state index in [4.69, 9.17) is 22.4 Å². The third-order valence-corrected chi connectivity index (χ3v) is 3.60. The number of aliphatic carboxylic acids is 1. The van der Waals surface area contributed by atoms with Crippen molar-refractivity contribution in [1.29, 1.82) is 0 Å². The summed E-state index contributed by atoms with van der Waals surface area (Å²) in [6, 6.07) is 2.24. The van der Waals surface area contributed by atoms with E-state index in [0.29, 0.717) is 0 Å². The van der Waals surface area contributed by atoms with Gasteiger partial charge in [0.15, 0.2) is 6.67 Å². The van der Waals surface area contributed by atoms with Crippen molar-refractivity contribution < 1.29 is 41.0 Å². The molecule has 0 saturated heterocycles. The van der Waals surface area contributed by atoms with Crippen molar-refractivity contribution in [2.45, 2.75) is 32.2 Å². The molecule has 0 aliphatic rings. The van der Waals surface area contributed by atoms with Crippen LogP contribution in [0.15, 0.2) is 24.3 Å². The molecule has 2 aromatic rings. The van der Waals surface area contributed by atoms with Crippen LogP contribution in [0.25, 0.3) is 0 Å². The molecule has 0 amide bonds. The van der Waals surface area contributed by atoms with Crippen LogP contribution in [-0.2, 0) is 11.0 Å². The van der Waals surface area contributed by atoms with Crippen LogP contribution in [0.1, 0.15) is 19.4 Å². The molecule has 0 aliphatic heterocycles. The van der Waals surface area contributed by atoms with Gasteiger partial charge in [0.25, 0.3) is 0 Å². The molecule has 32 heavy (non-hydrogen) atoms. The summed E-state index contributed by atoms with van der Waals surface area (Å²) in [5, 5.41) is 9.98. The molecule has 0 fully saturated rings. The molecule has 0 aliphatic carbocycles. The SMILES string of the molecule is CC(C)[C@H](N)C(=O)O.FCC(F)(F)Oc1nc(Cl)nc(Nc2cccc(C(F)(F)F)c2)n1. The largest absolute Gasteiger partial charge is 0.480 e. The van der Waals surface area contributed by atoms with E-state index < -0.39 is 53.8 Å². The number of aromatic nitrogens is 3. The van der Waals surface area contributed by atoms with E-state index in [0.717, 1.165) is 18.2 Å². The highest BCUT2D eigenvalue weighted by Crippen LogP contribution is 2.31. The summed E-state index contributed by atoms with van der Waals surface area (Å²) in [5.41, 5.74) is 4.12. The van der Waals surface area contributed by atoms with Crippen LogP contribution in [0.2, 0.25) is 5.28 Å². The van der Waals surface area contributed by atoms with Crippen molar-refractivity contribution in [3.05, 3.63) is 35.1 Å². The number of alkyl halides is 6. The van der Waals surface area contributed by atoms with Crippen LogP contribution in [0.4, 0.5) is 38.0 Å². The van der Waals surface area contributed by atoms with Gasteiger partial charge in [0.1, 0.15) is 6.04 Å². The second-order valence-electron chi connectivity index (χ2n) is 6.40. The van der Waals surface area contributed by atoms with Crippen molar-refractivity contribution in [3.8, 4) is 6.01 Å². The Morgan fingerprint density at radius 2 is 1.84 bits per heavy atom. The van der Waals surface area contributed by atoms with Gasteiger partial charge in [-0.2, -0.15) is 36.9 Å². The number of hydrogen-bond donors (Lipinski definition) is 3. The van der Waals surface area contributed by atoms with Crippen molar-refractivity contribution in [3.63, 3.8) is 0 Å². The monoisotopic (exact) mass is 489 g/mol. The summed E-state index contributed by atoms with van der Waals surface area (Å²) in [5.74, 6) is -1.37. The third kappa shape index (κ3) is 9.09. The molecule has 1 heterocycles. The second-order valence-corrected chi connectivity index (χ2v) is 6.73. The Bertz CT molecular complexity index is 916.